The summed E-state index contributed by atoms with van der Waals surface area (Å²) in [5, 5.41) is 5.81. The van der Waals surface area contributed by atoms with Gasteiger partial charge in [0.2, 0.25) is 5.95 Å². The molecule has 2 fully saturated rings. The van der Waals surface area contributed by atoms with Crippen molar-refractivity contribution in [1.29, 1.82) is 0 Å². The third-order valence-electron chi connectivity index (χ3n) is 5.57. The number of fused-ring (bicyclic) bond motifs is 2. The van der Waals surface area contributed by atoms with Gasteiger partial charge in [0.05, 0.1) is 6.33 Å². The van der Waals surface area contributed by atoms with Crippen molar-refractivity contribution in [3.05, 3.63) is 16.7 Å². The molecular weight excluding hydrogens is 468 g/mol. The maximum atomic E-state index is 12.6. The minimum atomic E-state index is -3.61. The molecule has 2 aromatic heterocycles. The van der Waals surface area contributed by atoms with Gasteiger partial charge in [-0.25, -0.2) is 14.7 Å². The van der Waals surface area contributed by atoms with Crippen LogP contribution in [0.3, 0.4) is 0 Å². The number of carbonyl (C=O) groups is 1. The number of anilines is 1. The van der Waals surface area contributed by atoms with Crippen LogP contribution in [0.4, 0.5) is 10.7 Å². The zero-order valence-corrected chi connectivity index (χ0v) is 19.6. The fraction of sp³-hybridized carbons (Fsp3) is 0.667. The van der Waals surface area contributed by atoms with Crippen molar-refractivity contribution < 1.29 is 28.2 Å². The maximum Gasteiger partial charge on any atom is 0.488 e. The number of alkyl carbamates (subject to hydrolysis) is 1. The molecule has 4 heterocycles. The number of nitrogens with zero attached hydrogens (tertiary/aromatic N) is 3. The van der Waals surface area contributed by atoms with Crippen molar-refractivity contribution in [2.24, 2.45) is 0 Å². The zero-order valence-electron chi connectivity index (χ0n) is 18.7. The average Bonchev–Trinajstić information content (AvgIpc) is 3.34. The number of rotatable bonds is 9. The van der Waals surface area contributed by atoms with Crippen LogP contribution in [0.5, 0.6) is 0 Å². The van der Waals surface area contributed by atoms with Crippen molar-refractivity contribution in [2.75, 3.05) is 32.5 Å². The monoisotopic (exact) mass is 496 g/mol. The smallest absolute Gasteiger partial charge is 0.438 e. The molecule has 184 valence electrons. The number of nitrogen functional groups attached to an aromatic ring is 1. The van der Waals surface area contributed by atoms with Crippen molar-refractivity contribution in [2.45, 2.75) is 50.2 Å². The van der Waals surface area contributed by atoms with E-state index in [0.29, 0.717) is 6.54 Å². The van der Waals surface area contributed by atoms with Gasteiger partial charge in [0, 0.05) is 6.54 Å². The molecule has 4 rings (SSSR count). The standard InChI is InChI=1S/C18H28BN7O7P/c1-21-6-4-2-3-5-7-22-18(28)32-13-12-10(8-30-34(19,29)33-12)31-16(13)26-9-23-11-14(26)24-17(20)25-15(11)27/h9-10,12-13,16,21,29H,2-8H2,1H3,(H,22,28)(H3,20,24,25,27)/q+1/t10-,12+,13?,16-,34?/m1/s1. The Morgan fingerprint density at radius 1 is 1.41 bits per heavy atom. The first-order valence-corrected chi connectivity index (χ1v) is 12.6. The summed E-state index contributed by atoms with van der Waals surface area (Å²) in [4.78, 5) is 45.5. The number of nitrogens with two attached hydrogens (primary N) is 1. The molecule has 16 heteroatoms. The molecule has 34 heavy (non-hydrogen) atoms. The van der Waals surface area contributed by atoms with Gasteiger partial charge >= 0.3 is 21.5 Å². The first-order valence-electron chi connectivity index (χ1n) is 11.0. The number of unbranched alkanes of at least 4 members (excludes halogenated alkanes) is 3. The third-order valence-corrected chi connectivity index (χ3v) is 6.64. The highest BCUT2D eigenvalue weighted by atomic mass is 31.2. The number of H-pyrrole nitrogens is 1. The molecule has 2 unspecified atom stereocenters. The molecule has 1 amide bonds. The van der Waals surface area contributed by atoms with Crippen LogP contribution in [0.2, 0.25) is 0 Å². The summed E-state index contributed by atoms with van der Waals surface area (Å²) in [6.45, 7) is 1.32. The van der Waals surface area contributed by atoms with Crippen LogP contribution in [0, 0.1) is 0 Å². The van der Waals surface area contributed by atoms with Crippen molar-refractivity contribution in [3.63, 3.8) is 0 Å². The fourth-order valence-electron chi connectivity index (χ4n) is 3.97. The van der Waals surface area contributed by atoms with Gasteiger partial charge in [-0.05, 0) is 26.4 Å². The molecule has 5 atom stereocenters. The number of carbonyl (C=O) groups excluding carboxylic acids is 1. The highest BCUT2D eigenvalue weighted by Gasteiger charge is 2.59. The molecule has 2 saturated heterocycles. The van der Waals surface area contributed by atoms with Gasteiger partial charge in [0.25, 0.3) is 5.56 Å². The highest BCUT2D eigenvalue weighted by Crippen LogP contribution is 2.58. The van der Waals surface area contributed by atoms with Crippen LogP contribution >= 0.6 is 7.82 Å². The van der Waals surface area contributed by atoms with Gasteiger partial charge in [-0.3, -0.25) is 14.3 Å². The van der Waals surface area contributed by atoms with E-state index in [4.69, 9.17) is 31.8 Å². The van der Waals surface area contributed by atoms with E-state index in [0.717, 1.165) is 32.2 Å². The van der Waals surface area contributed by atoms with Crippen LogP contribution in [0.15, 0.2) is 11.1 Å². The Hall–Kier alpha value is -2.29. The molecule has 6 N–H and O–H groups in total. The zero-order chi connectivity index (χ0) is 24.3. The Bertz CT molecular complexity index is 1070. The second-order valence-electron chi connectivity index (χ2n) is 8.08. The normalized spacial score (nSPS) is 28.6. The molecule has 2 aliphatic rings. The molecule has 0 aromatic carbocycles. The average molecular weight is 496 g/mol. The largest absolute Gasteiger partial charge is 0.488 e. The molecule has 0 saturated carbocycles. The van der Waals surface area contributed by atoms with E-state index in [1.165, 1.54) is 10.9 Å². The fourth-order valence-corrected chi connectivity index (χ4v) is 5.00. The van der Waals surface area contributed by atoms with Crippen LogP contribution in [-0.4, -0.2) is 83.1 Å². The summed E-state index contributed by atoms with van der Waals surface area (Å²) in [5.74, 6) is -0.110. The lowest BCUT2D eigenvalue weighted by molar-refractivity contribution is -0.0606. The Balaban J connectivity index is 1.49. The first-order chi connectivity index (χ1) is 16.3. The lowest BCUT2D eigenvalue weighted by Gasteiger charge is -2.29. The number of hydrogen-bond donors (Lipinski definition) is 5. The second-order valence-corrected chi connectivity index (χ2v) is 9.68. The van der Waals surface area contributed by atoms with E-state index in [1.807, 2.05) is 7.05 Å². The van der Waals surface area contributed by atoms with Crippen molar-refractivity contribution in [3.8, 4) is 0 Å². The highest BCUT2D eigenvalue weighted by molar-refractivity contribution is 7.85. The second kappa shape index (κ2) is 10.5. The van der Waals surface area contributed by atoms with E-state index in [2.05, 4.69) is 25.6 Å². The summed E-state index contributed by atoms with van der Waals surface area (Å²) >= 11 is 0. The Morgan fingerprint density at radius 3 is 2.94 bits per heavy atom. The summed E-state index contributed by atoms with van der Waals surface area (Å²) in [7, 11) is 3.99. The number of aromatic nitrogens is 4. The predicted octanol–water partition coefficient (Wildman–Crippen LogP) is -0.272. The topological polar surface area (TPSA) is 188 Å². The van der Waals surface area contributed by atoms with Gasteiger partial charge in [0.15, 0.2) is 29.6 Å². The molecule has 0 aliphatic carbocycles. The number of amides is 1. The summed E-state index contributed by atoms with van der Waals surface area (Å²) in [6.07, 6.45) is 0.896. The van der Waals surface area contributed by atoms with E-state index in [1.54, 1.807) is 0 Å². The molecule has 0 spiro atoms. The maximum absolute atomic E-state index is 12.6. The first kappa shape index (κ1) is 24.8. The number of imidazole rings is 1. The van der Waals surface area contributed by atoms with Crippen LogP contribution in [0.25, 0.3) is 11.2 Å². The molecule has 2 aliphatic heterocycles. The quantitative estimate of drug-likeness (QED) is 0.175. The third kappa shape index (κ3) is 5.50. The predicted molar refractivity (Wildman–Crippen MR) is 123 cm³/mol. The van der Waals surface area contributed by atoms with E-state index in [9.17, 15) is 14.5 Å². The summed E-state index contributed by atoms with van der Waals surface area (Å²) in [5.41, 5.74) is 5.34. The van der Waals surface area contributed by atoms with E-state index >= 15 is 0 Å². The van der Waals surface area contributed by atoms with Crippen molar-refractivity contribution >= 4 is 38.6 Å². The van der Waals surface area contributed by atoms with E-state index in [-0.39, 0.29) is 23.7 Å². The minimum absolute atomic E-state index is 0.0362. The molecule has 2 aromatic rings. The Labute approximate surface area is 196 Å². The number of ether oxygens (including phenoxy) is 2. The lowest BCUT2D eigenvalue weighted by atomic mass is 10.1. The van der Waals surface area contributed by atoms with Gasteiger partial charge < -0.3 is 25.8 Å². The van der Waals surface area contributed by atoms with Gasteiger partial charge in [0.1, 0.15) is 12.7 Å². The minimum Gasteiger partial charge on any atom is -0.438 e. The SMILES string of the molecule is [B][P+]1(O)OC[C@H]2O[C@@H](n3cnc4c(=O)[nH]c(N)nc43)C(OC(=O)NCCCCCCNC)[C@H]2O1. The van der Waals surface area contributed by atoms with Crippen molar-refractivity contribution in [1.82, 2.24) is 30.2 Å². The Kier molecular flexibility index (Phi) is 7.70. The van der Waals surface area contributed by atoms with Crippen LogP contribution in [-0.2, 0) is 18.5 Å². The van der Waals surface area contributed by atoms with Crippen LogP contribution in [0.1, 0.15) is 31.9 Å². The molecule has 0 bridgehead atoms. The number of nitrogens with one attached hydrogen (secondary N) is 3. The van der Waals surface area contributed by atoms with Gasteiger partial charge in [-0.2, -0.15) is 14.0 Å². The van der Waals surface area contributed by atoms with Gasteiger partial charge in [-0.1, -0.05) is 12.8 Å². The van der Waals surface area contributed by atoms with E-state index < -0.39 is 44.0 Å². The number of aromatic amines is 1. The molecule has 2 radical (unpaired) electrons. The summed E-state index contributed by atoms with van der Waals surface area (Å²) < 4.78 is 23.8. The summed E-state index contributed by atoms with van der Waals surface area (Å²) in [6, 6.07) is 0. The number of hydrogen-bond acceptors (Lipinski definition) is 11. The Morgan fingerprint density at radius 2 is 2.18 bits per heavy atom. The lowest BCUT2D eigenvalue weighted by Crippen LogP contribution is -2.44. The molecular formula is C18H28BN7O7P+. The van der Waals surface area contributed by atoms with Crippen LogP contribution < -0.4 is 21.9 Å². The molecule has 14 nitrogen and oxygen atoms in total. The van der Waals surface area contributed by atoms with Gasteiger partial charge in [-0.15, -0.1) is 0 Å².